The fourth-order valence-corrected chi connectivity index (χ4v) is 3.17. The van der Waals surface area contributed by atoms with Crippen molar-refractivity contribution in [3.05, 3.63) is 33.8 Å². The molecule has 2 N–H and O–H groups in total. The Morgan fingerprint density at radius 1 is 1.44 bits per heavy atom. The lowest BCUT2D eigenvalue weighted by Crippen LogP contribution is -2.59. The molecule has 9 heteroatoms. The van der Waals surface area contributed by atoms with Crippen molar-refractivity contribution in [1.82, 2.24) is 20.1 Å². The van der Waals surface area contributed by atoms with Crippen LogP contribution in [-0.2, 0) is 16.1 Å². The molecule has 0 saturated carbocycles. The van der Waals surface area contributed by atoms with E-state index in [4.69, 9.17) is 16.0 Å². The van der Waals surface area contributed by atoms with E-state index in [0.29, 0.717) is 35.8 Å². The number of nitrogens with zero attached hydrogens (tertiary/aromatic N) is 2. The van der Waals surface area contributed by atoms with Crippen LogP contribution in [0.2, 0.25) is 5.02 Å². The highest BCUT2D eigenvalue weighted by molar-refractivity contribution is 6.31. The molecule has 1 fully saturated rings. The van der Waals surface area contributed by atoms with Crippen LogP contribution in [0.5, 0.6) is 0 Å². The molecule has 2 aromatic rings. The Morgan fingerprint density at radius 3 is 3.00 bits per heavy atom. The molecule has 1 aromatic carbocycles. The minimum absolute atomic E-state index is 0.102. The third-order valence-electron chi connectivity index (χ3n) is 4.29. The van der Waals surface area contributed by atoms with Crippen LogP contribution < -0.4 is 16.4 Å². The van der Waals surface area contributed by atoms with Gasteiger partial charge < -0.3 is 20.0 Å². The number of rotatable bonds is 4. The van der Waals surface area contributed by atoms with Gasteiger partial charge in [0.2, 0.25) is 11.8 Å². The zero-order chi connectivity index (χ0) is 18.0. The first-order chi connectivity index (χ1) is 12.0. The molecular formula is C16H19ClN4O4. The minimum atomic E-state index is -0.539. The van der Waals surface area contributed by atoms with Crippen molar-refractivity contribution >= 4 is 34.5 Å². The number of nitrogens with one attached hydrogen (secondary N) is 2. The summed E-state index contributed by atoms with van der Waals surface area (Å²) in [5.74, 6) is -0.917. The SMILES string of the molecule is CNC(=O)C1CNCCN1C(=O)CCn1c(=O)oc2cc(Cl)ccc21. The highest BCUT2D eigenvalue weighted by atomic mass is 35.5. The van der Waals surface area contributed by atoms with Crippen LogP contribution in [0, 0.1) is 0 Å². The predicted molar refractivity (Wildman–Crippen MR) is 92.5 cm³/mol. The molecule has 3 rings (SSSR count). The van der Waals surface area contributed by atoms with Gasteiger partial charge in [-0.3, -0.25) is 14.2 Å². The Bertz CT molecular complexity index is 859. The summed E-state index contributed by atoms with van der Waals surface area (Å²) in [4.78, 5) is 38.1. The zero-order valence-electron chi connectivity index (χ0n) is 13.8. The third kappa shape index (κ3) is 3.54. The van der Waals surface area contributed by atoms with Gasteiger partial charge >= 0.3 is 5.76 Å². The quantitative estimate of drug-likeness (QED) is 0.805. The Kier molecular flexibility index (Phi) is 5.10. The van der Waals surface area contributed by atoms with Crippen molar-refractivity contribution in [2.45, 2.75) is 19.0 Å². The first kappa shape index (κ1) is 17.5. The van der Waals surface area contributed by atoms with Crippen molar-refractivity contribution < 1.29 is 14.0 Å². The average Bonchev–Trinajstić information content (AvgIpc) is 2.93. The average molecular weight is 367 g/mol. The van der Waals surface area contributed by atoms with E-state index in [1.807, 2.05) is 0 Å². The molecule has 2 heterocycles. The van der Waals surface area contributed by atoms with Crippen LogP contribution in [0.1, 0.15) is 6.42 Å². The lowest BCUT2D eigenvalue weighted by Gasteiger charge is -2.35. The number of oxazole rings is 1. The molecule has 1 aliphatic rings. The lowest BCUT2D eigenvalue weighted by molar-refractivity contribution is -0.141. The smallest absolute Gasteiger partial charge is 0.408 e. The molecule has 0 radical (unpaired) electrons. The van der Waals surface area contributed by atoms with Crippen molar-refractivity contribution in [3.63, 3.8) is 0 Å². The fraction of sp³-hybridized carbons (Fsp3) is 0.438. The van der Waals surface area contributed by atoms with Gasteiger partial charge in [0.25, 0.3) is 0 Å². The van der Waals surface area contributed by atoms with Crippen LogP contribution in [0.4, 0.5) is 0 Å². The maximum absolute atomic E-state index is 12.6. The fourth-order valence-electron chi connectivity index (χ4n) is 3.01. The third-order valence-corrected chi connectivity index (χ3v) is 4.53. The van der Waals surface area contributed by atoms with E-state index in [0.717, 1.165) is 0 Å². The number of aryl methyl sites for hydroxylation is 1. The largest absolute Gasteiger partial charge is 0.419 e. The van der Waals surface area contributed by atoms with Gasteiger partial charge in [-0.2, -0.15) is 0 Å². The molecule has 0 aliphatic carbocycles. The molecule has 1 aliphatic heterocycles. The zero-order valence-corrected chi connectivity index (χ0v) is 14.5. The second-order valence-corrected chi connectivity index (χ2v) is 6.24. The molecule has 1 unspecified atom stereocenters. The number of likely N-dealkylation sites (N-methyl/N-ethyl adjacent to an activating group) is 1. The first-order valence-electron chi connectivity index (χ1n) is 8.02. The minimum Gasteiger partial charge on any atom is -0.408 e. The molecule has 8 nitrogen and oxygen atoms in total. The summed E-state index contributed by atoms with van der Waals surface area (Å²) in [6.07, 6.45) is 0.102. The number of piperazine rings is 1. The molecule has 25 heavy (non-hydrogen) atoms. The number of amides is 2. The van der Waals surface area contributed by atoms with Gasteiger partial charge in [-0.15, -0.1) is 0 Å². The summed E-state index contributed by atoms with van der Waals surface area (Å²) in [5, 5.41) is 6.15. The predicted octanol–water partition coefficient (Wildman–Crippen LogP) is 0.184. The molecule has 0 spiro atoms. The summed E-state index contributed by atoms with van der Waals surface area (Å²) < 4.78 is 6.56. The molecule has 0 bridgehead atoms. The highest BCUT2D eigenvalue weighted by Crippen LogP contribution is 2.18. The van der Waals surface area contributed by atoms with Crippen molar-refractivity contribution in [1.29, 1.82) is 0 Å². The number of fused-ring (bicyclic) bond motifs is 1. The van der Waals surface area contributed by atoms with Gasteiger partial charge in [0.1, 0.15) is 6.04 Å². The van der Waals surface area contributed by atoms with Gasteiger partial charge in [0.05, 0.1) is 5.52 Å². The maximum atomic E-state index is 12.6. The number of carbonyl (C=O) groups excluding carboxylic acids is 2. The summed E-state index contributed by atoms with van der Waals surface area (Å²) in [6, 6.07) is 4.37. The van der Waals surface area contributed by atoms with Crippen molar-refractivity contribution in [2.75, 3.05) is 26.7 Å². The number of halogens is 1. The standard InChI is InChI=1S/C16H19ClN4O4/c1-18-15(23)12-9-19-5-7-20(12)14(22)4-6-21-11-3-2-10(17)8-13(11)25-16(21)24/h2-3,8,12,19H,4-7,9H2,1H3,(H,18,23). The highest BCUT2D eigenvalue weighted by Gasteiger charge is 2.31. The van der Waals surface area contributed by atoms with Crippen LogP contribution in [0.25, 0.3) is 11.1 Å². The Balaban J connectivity index is 1.75. The second-order valence-electron chi connectivity index (χ2n) is 5.80. The van der Waals surface area contributed by atoms with Crippen LogP contribution in [-0.4, -0.2) is 54.0 Å². The van der Waals surface area contributed by atoms with Crippen LogP contribution >= 0.6 is 11.6 Å². The number of hydrogen-bond acceptors (Lipinski definition) is 5. The van der Waals surface area contributed by atoms with Crippen molar-refractivity contribution in [2.24, 2.45) is 0 Å². The van der Waals surface area contributed by atoms with E-state index < -0.39 is 11.8 Å². The van der Waals surface area contributed by atoms with Crippen LogP contribution in [0.3, 0.4) is 0 Å². The molecule has 2 amide bonds. The molecule has 1 atom stereocenters. The van der Waals surface area contributed by atoms with E-state index in [2.05, 4.69) is 10.6 Å². The van der Waals surface area contributed by atoms with E-state index in [1.54, 1.807) is 30.1 Å². The summed E-state index contributed by atoms with van der Waals surface area (Å²) in [6.45, 7) is 1.68. The van der Waals surface area contributed by atoms with Crippen LogP contribution in [0.15, 0.2) is 27.4 Å². The molecular weight excluding hydrogens is 348 g/mol. The normalized spacial score (nSPS) is 17.7. The monoisotopic (exact) mass is 366 g/mol. The lowest BCUT2D eigenvalue weighted by atomic mass is 10.1. The Labute approximate surface area is 148 Å². The summed E-state index contributed by atoms with van der Waals surface area (Å²) in [7, 11) is 1.54. The topological polar surface area (TPSA) is 96.6 Å². The van der Waals surface area contributed by atoms with Gasteiger partial charge in [-0.05, 0) is 12.1 Å². The van der Waals surface area contributed by atoms with E-state index >= 15 is 0 Å². The molecule has 1 saturated heterocycles. The van der Waals surface area contributed by atoms with Gasteiger partial charge in [-0.1, -0.05) is 11.6 Å². The second kappa shape index (κ2) is 7.28. The van der Waals surface area contributed by atoms with E-state index in [9.17, 15) is 14.4 Å². The molecule has 134 valence electrons. The van der Waals surface area contributed by atoms with Gasteiger partial charge in [-0.25, -0.2) is 4.79 Å². The number of hydrogen-bond donors (Lipinski definition) is 2. The summed E-state index contributed by atoms with van der Waals surface area (Å²) in [5.41, 5.74) is 0.973. The number of benzene rings is 1. The Morgan fingerprint density at radius 2 is 2.24 bits per heavy atom. The maximum Gasteiger partial charge on any atom is 0.419 e. The van der Waals surface area contributed by atoms with E-state index in [-0.39, 0.29) is 24.8 Å². The van der Waals surface area contributed by atoms with E-state index in [1.165, 1.54) is 4.57 Å². The number of carbonyl (C=O) groups is 2. The van der Waals surface area contributed by atoms with Gasteiger partial charge in [0, 0.05) is 50.7 Å². The Hall–Kier alpha value is -2.32. The van der Waals surface area contributed by atoms with Gasteiger partial charge in [0.15, 0.2) is 5.58 Å². The van der Waals surface area contributed by atoms with Crippen molar-refractivity contribution in [3.8, 4) is 0 Å². The number of aromatic nitrogens is 1. The molecule has 1 aromatic heterocycles. The first-order valence-corrected chi connectivity index (χ1v) is 8.39. The summed E-state index contributed by atoms with van der Waals surface area (Å²) >= 11 is 5.89.